The van der Waals surface area contributed by atoms with Gasteiger partial charge in [-0.1, -0.05) is 66.7 Å². The Balaban J connectivity index is 1.36. The number of Topliss-reactive ketones (excluding diaryl/α,β-unsaturated/α-hetero) is 1. The van der Waals surface area contributed by atoms with Crippen molar-refractivity contribution in [3.8, 4) is 0 Å². The first kappa shape index (κ1) is 30.1. The first-order valence-electron chi connectivity index (χ1n) is 13.9. The molecule has 4 atom stereocenters. The summed E-state index contributed by atoms with van der Waals surface area (Å²) in [6, 6.07) is 21.5. The molecule has 4 rings (SSSR count). The number of rotatable bonds is 12. The molecule has 218 valence electrons. The lowest BCUT2D eigenvalue weighted by Gasteiger charge is -2.25. The van der Waals surface area contributed by atoms with Gasteiger partial charge in [-0.3, -0.25) is 29.0 Å². The minimum Gasteiger partial charge on any atom is -0.344 e. The van der Waals surface area contributed by atoms with Crippen molar-refractivity contribution in [3.05, 3.63) is 102 Å². The van der Waals surface area contributed by atoms with Crippen LogP contribution in [-0.2, 0) is 36.9 Å². The van der Waals surface area contributed by atoms with Gasteiger partial charge in [0.05, 0.1) is 24.2 Å². The number of nitrogens with zero attached hydrogens (tertiary/aromatic N) is 2. The molecule has 3 aromatic rings. The van der Waals surface area contributed by atoms with Crippen LogP contribution in [0.25, 0.3) is 0 Å². The topological polar surface area (TPSA) is 138 Å². The lowest BCUT2D eigenvalue weighted by Crippen LogP contribution is -2.54. The van der Waals surface area contributed by atoms with E-state index in [1.165, 1.54) is 6.92 Å². The van der Waals surface area contributed by atoms with E-state index in [2.05, 4.69) is 20.9 Å². The molecule has 0 spiro atoms. The van der Waals surface area contributed by atoms with E-state index in [0.29, 0.717) is 5.69 Å². The molecular formula is C32H35N5O5. The highest BCUT2D eigenvalue weighted by Crippen LogP contribution is 2.28. The van der Waals surface area contributed by atoms with E-state index in [-0.39, 0.29) is 37.9 Å². The average Bonchev–Trinajstić information content (AvgIpc) is 3.41. The van der Waals surface area contributed by atoms with E-state index >= 15 is 0 Å². The van der Waals surface area contributed by atoms with Crippen LogP contribution in [0.2, 0.25) is 0 Å². The third-order valence-electron chi connectivity index (χ3n) is 7.33. The number of hydrogen-bond acceptors (Lipinski definition) is 6. The van der Waals surface area contributed by atoms with E-state index in [9.17, 15) is 24.0 Å². The number of ketones is 1. The molecular weight excluding hydrogens is 534 g/mol. The lowest BCUT2D eigenvalue weighted by molar-refractivity contribution is -0.140. The van der Waals surface area contributed by atoms with Crippen LogP contribution in [0.5, 0.6) is 0 Å². The second-order valence-corrected chi connectivity index (χ2v) is 10.4. The maximum absolute atomic E-state index is 13.1. The summed E-state index contributed by atoms with van der Waals surface area (Å²) in [6.45, 7) is 3.71. The molecule has 0 radical (unpaired) electrons. The van der Waals surface area contributed by atoms with Crippen molar-refractivity contribution >= 4 is 29.4 Å². The standard InChI is InChI=1S/C32H35N5O5/c1-21(35-31(41)25-18-28(38)37(20-25)22(2)24-13-7-4-8-14-24)30(40)36-27(17-23-11-5-3-6-12-23)29(39)32(42)34-19-26-15-9-10-16-33-26/h3-16,21-22,25,27H,17-20H2,1-2H3,(H,34,42)(H,35,41)(H,36,40)/t21-,22+,25+,27-/m1/s1. The molecule has 0 unspecified atom stereocenters. The van der Waals surface area contributed by atoms with Crippen molar-refractivity contribution < 1.29 is 24.0 Å². The molecule has 0 bridgehead atoms. The molecule has 42 heavy (non-hydrogen) atoms. The molecule has 10 heteroatoms. The molecule has 10 nitrogen and oxygen atoms in total. The van der Waals surface area contributed by atoms with Crippen LogP contribution in [-0.4, -0.2) is 57.9 Å². The van der Waals surface area contributed by atoms with Crippen molar-refractivity contribution in [2.24, 2.45) is 5.92 Å². The van der Waals surface area contributed by atoms with Gasteiger partial charge in [0.1, 0.15) is 12.1 Å². The highest BCUT2D eigenvalue weighted by Gasteiger charge is 2.38. The van der Waals surface area contributed by atoms with Crippen LogP contribution in [0.15, 0.2) is 85.1 Å². The Morgan fingerprint density at radius 2 is 1.57 bits per heavy atom. The molecule has 1 aliphatic heterocycles. The van der Waals surface area contributed by atoms with Crippen molar-refractivity contribution in [2.45, 2.75) is 51.4 Å². The predicted octanol–water partition coefficient (Wildman–Crippen LogP) is 2.11. The Bertz CT molecular complexity index is 1400. The Kier molecular flexibility index (Phi) is 10.1. The van der Waals surface area contributed by atoms with Crippen LogP contribution in [0.4, 0.5) is 0 Å². The largest absolute Gasteiger partial charge is 0.344 e. The smallest absolute Gasteiger partial charge is 0.289 e. The number of pyridine rings is 1. The fourth-order valence-corrected chi connectivity index (χ4v) is 4.86. The summed E-state index contributed by atoms with van der Waals surface area (Å²) < 4.78 is 0. The normalized spacial score (nSPS) is 16.7. The number of carbonyl (C=O) groups excluding carboxylic acids is 5. The molecule has 2 heterocycles. The SMILES string of the molecule is C[C@@H](NC(=O)[C@H]1CC(=O)N([C@@H](C)c2ccccc2)C1)C(=O)N[C@H](Cc1ccccc1)C(=O)C(=O)NCc1ccccn1. The summed E-state index contributed by atoms with van der Waals surface area (Å²) in [5.74, 6) is -3.45. The second kappa shape index (κ2) is 14.2. The monoisotopic (exact) mass is 569 g/mol. The summed E-state index contributed by atoms with van der Waals surface area (Å²) >= 11 is 0. The summed E-state index contributed by atoms with van der Waals surface area (Å²) in [4.78, 5) is 70.5. The highest BCUT2D eigenvalue weighted by atomic mass is 16.2. The van der Waals surface area contributed by atoms with Gasteiger partial charge >= 0.3 is 0 Å². The zero-order chi connectivity index (χ0) is 30.1. The average molecular weight is 570 g/mol. The summed E-state index contributed by atoms with van der Waals surface area (Å²) in [5, 5.41) is 7.87. The Morgan fingerprint density at radius 3 is 2.24 bits per heavy atom. The predicted molar refractivity (Wildman–Crippen MR) is 155 cm³/mol. The minimum absolute atomic E-state index is 0.0446. The van der Waals surface area contributed by atoms with Crippen LogP contribution in [0.1, 0.15) is 43.1 Å². The molecule has 4 amide bonds. The number of benzene rings is 2. The van der Waals surface area contributed by atoms with E-state index in [0.717, 1.165) is 11.1 Å². The third-order valence-corrected chi connectivity index (χ3v) is 7.33. The van der Waals surface area contributed by atoms with Gasteiger partial charge in [-0.25, -0.2) is 0 Å². The Labute approximate surface area is 244 Å². The van der Waals surface area contributed by atoms with Gasteiger partial charge in [-0.05, 0) is 37.1 Å². The zero-order valence-corrected chi connectivity index (χ0v) is 23.7. The van der Waals surface area contributed by atoms with Crippen molar-refractivity contribution in [2.75, 3.05) is 6.54 Å². The maximum atomic E-state index is 13.1. The van der Waals surface area contributed by atoms with E-state index < -0.39 is 41.5 Å². The van der Waals surface area contributed by atoms with Crippen LogP contribution in [0, 0.1) is 5.92 Å². The molecule has 1 saturated heterocycles. The molecule has 1 aromatic heterocycles. The van der Waals surface area contributed by atoms with E-state index in [1.807, 2.05) is 43.3 Å². The first-order valence-corrected chi connectivity index (χ1v) is 13.9. The molecule has 1 aliphatic rings. The van der Waals surface area contributed by atoms with Gasteiger partial charge in [0.15, 0.2) is 0 Å². The van der Waals surface area contributed by atoms with Crippen molar-refractivity contribution in [1.82, 2.24) is 25.8 Å². The van der Waals surface area contributed by atoms with Gasteiger partial charge in [0, 0.05) is 25.6 Å². The number of nitrogens with one attached hydrogen (secondary N) is 3. The Hall–Kier alpha value is -4.86. The zero-order valence-electron chi connectivity index (χ0n) is 23.7. The fourth-order valence-electron chi connectivity index (χ4n) is 4.86. The van der Waals surface area contributed by atoms with Gasteiger partial charge in [-0.2, -0.15) is 0 Å². The quantitative estimate of drug-likeness (QED) is 0.286. The van der Waals surface area contributed by atoms with Crippen molar-refractivity contribution in [3.63, 3.8) is 0 Å². The van der Waals surface area contributed by atoms with E-state index in [4.69, 9.17) is 0 Å². The van der Waals surface area contributed by atoms with Crippen LogP contribution < -0.4 is 16.0 Å². The second-order valence-electron chi connectivity index (χ2n) is 10.4. The fraction of sp³-hybridized carbons (Fsp3) is 0.312. The third kappa shape index (κ3) is 7.87. The molecule has 0 saturated carbocycles. The van der Waals surface area contributed by atoms with E-state index in [1.54, 1.807) is 53.6 Å². The van der Waals surface area contributed by atoms with Gasteiger partial charge in [0.2, 0.25) is 23.5 Å². The van der Waals surface area contributed by atoms with Crippen LogP contribution >= 0.6 is 0 Å². The lowest BCUT2D eigenvalue weighted by atomic mass is 10.0. The summed E-state index contributed by atoms with van der Waals surface area (Å²) in [7, 11) is 0. The van der Waals surface area contributed by atoms with Gasteiger partial charge in [-0.15, -0.1) is 0 Å². The number of carbonyl (C=O) groups is 5. The minimum atomic E-state index is -1.15. The highest BCUT2D eigenvalue weighted by molar-refractivity contribution is 6.38. The molecule has 0 aliphatic carbocycles. The van der Waals surface area contributed by atoms with Gasteiger partial charge in [0.25, 0.3) is 5.91 Å². The van der Waals surface area contributed by atoms with Crippen LogP contribution in [0.3, 0.4) is 0 Å². The summed E-state index contributed by atoms with van der Waals surface area (Å²) in [5.41, 5.74) is 2.31. The molecule has 1 fully saturated rings. The van der Waals surface area contributed by atoms with Crippen molar-refractivity contribution in [1.29, 1.82) is 0 Å². The number of amides is 4. The number of hydrogen-bond donors (Lipinski definition) is 3. The Morgan fingerprint density at radius 1 is 0.905 bits per heavy atom. The molecule has 2 aromatic carbocycles. The first-order chi connectivity index (χ1) is 20.2. The maximum Gasteiger partial charge on any atom is 0.289 e. The molecule has 3 N–H and O–H groups in total. The number of likely N-dealkylation sites (tertiary alicyclic amines) is 1. The number of aromatic nitrogens is 1. The summed E-state index contributed by atoms with van der Waals surface area (Å²) in [6.07, 6.45) is 1.72. The van der Waals surface area contributed by atoms with Gasteiger partial charge < -0.3 is 20.9 Å².